The molecule has 2 aliphatic heterocycles. The molecule has 3 N–H and O–H groups in total. The van der Waals surface area contributed by atoms with E-state index in [1.165, 1.54) is 4.68 Å². The minimum absolute atomic E-state index is 0. The van der Waals surface area contributed by atoms with E-state index in [4.69, 9.17) is 9.47 Å². The van der Waals surface area contributed by atoms with Gasteiger partial charge in [-0.25, -0.2) is 13.5 Å². The van der Waals surface area contributed by atoms with Gasteiger partial charge in [0.1, 0.15) is 11.9 Å². The van der Waals surface area contributed by atoms with Crippen LogP contribution in [-0.4, -0.2) is 55.5 Å². The Labute approximate surface area is 226 Å². The largest absolute Gasteiger partial charge is 0.493 e. The average Bonchev–Trinajstić information content (AvgIpc) is 3.37. The van der Waals surface area contributed by atoms with Gasteiger partial charge in [0.05, 0.1) is 26.0 Å². The van der Waals surface area contributed by atoms with E-state index in [2.05, 4.69) is 21.0 Å². The molecule has 3 atom stereocenters. The molecule has 204 valence electrons. The van der Waals surface area contributed by atoms with Crippen molar-refractivity contribution in [2.75, 3.05) is 32.6 Å². The van der Waals surface area contributed by atoms with Gasteiger partial charge >= 0.3 is 0 Å². The van der Waals surface area contributed by atoms with Crippen LogP contribution in [0.15, 0.2) is 48.5 Å². The van der Waals surface area contributed by atoms with Crippen LogP contribution >= 0.6 is 12.4 Å². The van der Waals surface area contributed by atoms with Gasteiger partial charge in [0.2, 0.25) is 0 Å². The lowest BCUT2D eigenvalue weighted by molar-refractivity contribution is 0.0659. The number of amides is 1. The number of halogens is 3. The average molecular weight is 548 g/mol. The van der Waals surface area contributed by atoms with Crippen LogP contribution in [0.3, 0.4) is 0 Å². The zero-order valence-corrected chi connectivity index (χ0v) is 22.1. The SMILES string of the molecule is COc1ccc(C2CC(C(F)F)n3nc(-c4ccc(C(=O)NC5CCCNC5)cc4)cc3N2)cc1OC.Cl. The fraction of sp³-hybridized carbons (Fsp3) is 0.407. The Bertz CT molecular complexity index is 1250. The first-order chi connectivity index (χ1) is 18.0. The monoisotopic (exact) mass is 547 g/mol. The zero-order valence-electron chi connectivity index (χ0n) is 21.2. The lowest BCUT2D eigenvalue weighted by Crippen LogP contribution is -2.45. The van der Waals surface area contributed by atoms with Crippen molar-refractivity contribution in [2.24, 2.45) is 0 Å². The van der Waals surface area contributed by atoms with Crippen LogP contribution in [0.1, 0.15) is 47.3 Å². The fourth-order valence-corrected chi connectivity index (χ4v) is 5.01. The molecule has 5 rings (SSSR count). The first-order valence-corrected chi connectivity index (χ1v) is 12.4. The van der Waals surface area contributed by atoms with Gasteiger partial charge in [0.15, 0.2) is 11.5 Å². The van der Waals surface area contributed by atoms with Gasteiger partial charge in [-0.2, -0.15) is 5.10 Å². The number of benzene rings is 2. The molecule has 38 heavy (non-hydrogen) atoms. The van der Waals surface area contributed by atoms with E-state index < -0.39 is 12.5 Å². The maximum Gasteiger partial charge on any atom is 0.260 e. The Morgan fingerprint density at radius 1 is 1.11 bits per heavy atom. The summed E-state index contributed by atoms with van der Waals surface area (Å²) in [5, 5.41) is 14.2. The quantitative estimate of drug-likeness (QED) is 0.392. The van der Waals surface area contributed by atoms with Crippen LogP contribution in [0, 0.1) is 0 Å². The summed E-state index contributed by atoms with van der Waals surface area (Å²) >= 11 is 0. The Balaban J connectivity index is 0.00000336. The summed E-state index contributed by atoms with van der Waals surface area (Å²) in [6.07, 6.45) is -0.428. The summed E-state index contributed by atoms with van der Waals surface area (Å²) in [4.78, 5) is 12.6. The number of carbonyl (C=O) groups excluding carboxylic acids is 1. The number of carbonyl (C=O) groups is 1. The number of hydrogen-bond acceptors (Lipinski definition) is 6. The highest BCUT2D eigenvalue weighted by Gasteiger charge is 2.35. The highest BCUT2D eigenvalue weighted by Crippen LogP contribution is 2.41. The number of fused-ring (bicyclic) bond motifs is 1. The summed E-state index contributed by atoms with van der Waals surface area (Å²) in [5.41, 5.74) is 2.68. The molecule has 1 saturated heterocycles. The molecule has 8 nitrogen and oxygen atoms in total. The number of nitrogens with one attached hydrogen (secondary N) is 3. The molecule has 0 aliphatic carbocycles. The van der Waals surface area contributed by atoms with Gasteiger partial charge in [-0.05, 0) is 55.6 Å². The minimum Gasteiger partial charge on any atom is -0.493 e. The van der Waals surface area contributed by atoms with Crippen LogP contribution in [0.2, 0.25) is 0 Å². The van der Waals surface area contributed by atoms with E-state index in [1.54, 1.807) is 56.7 Å². The van der Waals surface area contributed by atoms with Gasteiger partial charge in [-0.15, -0.1) is 12.4 Å². The first kappa shape index (κ1) is 27.7. The van der Waals surface area contributed by atoms with Crippen LogP contribution in [0.4, 0.5) is 14.6 Å². The Kier molecular flexibility index (Phi) is 8.73. The topological polar surface area (TPSA) is 89.4 Å². The van der Waals surface area contributed by atoms with Crippen LogP contribution < -0.4 is 25.4 Å². The lowest BCUT2D eigenvalue weighted by atomic mass is 9.97. The van der Waals surface area contributed by atoms with Crippen LogP contribution in [0.25, 0.3) is 11.3 Å². The van der Waals surface area contributed by atoms with Crippen LogP contribution in [0.5, 0.6) is 11.5 Å². The summed E-state index contributed by atoms with van der Waals surface area (Å²) in [6, 6.07) is 13.0. The molecule has 1 fully saturated rings. The van der Waals surface area contributed by atoms with E-state index in [0.717, 1.165) is 37.1 Å². The van der Waals surface area contributed by atoms with Crippen molar-refractivity contribution in [3.8, 4) is 22.8 Å². The highest BCUT2D eigenvalue weighted by molar-refractivity contribution is 5.94. The summed E-state index contributed by atoms with van der Waals surface area (Å²) in [7, 11) is 3.10. The Hall–Kier alpha value is -3.37. The molecule has 11 heteroatoms. The van der Waals surface area contributed by atoms with Gasteiger partial charge in [0.25, 0.3) is 12.3 Å². The van der Waals surface area contributed by atoms with Crippen molar-refractivity contribution in [1.29, 1.82) is 0 Å². The first-order valence-electron chi connectivity index (χ1n) is 12.4. The molecule has 2 aliphatic rings. The number of anilines is 1. The molecule has 0 bridgehead atoms. The number of piperidine rings is 1. The third kappa shape index (κ3) is 5.71. The van der Waals surface area contributed by atoms with Gasteiger partial charge in [-0.1, -0.05) is 18.2 Å². The number of hydrogen-bond donors (Lipinski definition) is 3. The van der Waals surface area contributed by atoms with Crippen molar-refractivity contribution < 1.29 is 23.0 Å². The molecular formula is C27H32ClF2N5O3. The van der Waals surface area contributed by atoms with Gasteiger partial charge < -0.3 is 25.4 Å². The van der Waals surface area contributed by atoms with E-state index in [1.807, 2.05) is 6.07 Å². The zero-order chi connectivity index (χ0) is 25.9. The van der Waals surface area contributed by atoms with E-state index >= 15 is 0 Å². The second-order valence-corrected chi connectivity index (χ2v) is 9.40. The Morgan fingerprint density at radius 3 is 2.53 bits per heavy atom. The molecule has 3 heterocycles. The molecule has 0 radical (unpaired) electrons. The fourth-order valence-electron chi connectivity index (χ4n) is 5.01. The highest BCUT2D eigenvalue weighted by atomic mass is 35.5. The minimum atomic E-state index is -2.59. The van der Waals surface area contributed by atoms with Crippen molar-refractivity contribution in [2.45, 2.75) is 43.8 Å². The predicted octanol–water partition coefficient (Wildman–Crippen LogP) is 4.83. The number of ether oxygens (including phenoxy) is 2. The maximum atomic E-state index is 14.1. The number of aromatic nitrogens is 2. The van der Waals surface area contributed by atoms with Crippen molar-refractivity contribution >= 4 is 24.1 Å². The number of alkyl halides is 2. The summed E-state index contributed by atoms with van der Waals surface area (Å²) in [5.74, 6) is 1.51. The third-order valence-electron chi connectivity index (χ3n) is 7.02. The molecule has 3 aromatic rings. The normalized spacial score (nSPS) is 20.6. The third-order valence-corrected chi connectivity index (χ3v) is 7.02. The molecular weight excluding hydrogens is 516 g/mol. The summed E-state index contributed by atoms with van der Waals surface area (Å²) in [6.45, 7) is 1.75. The van der Waals surface area contributed by atoms with Crippen LogP contribution in [-0.2, 0) is 0 Å². The molecule has 1 amide bonds. The van der Waals surface area contributed by atoms with E-state index in [9.17, 15) is 13.6 Å². The van der Waals surface area contributed by atoms with Crippen molar-refractivity contribution in [1.82, 2.24) is 20.4 Å². The Morgan fingerprint density at radius 2 is 1.87 bits per heavy atom. The maximum absolute atomic E-state index is 14.1. The molecule has 0 saturated carbocycles. The molecule has 0 spiro atoms. The number of nitrogens with zero attached hydrogens (tertiary/aromatic N) is 2. The second kappa shape index (κ2) is 12.0. The second-order valence-electron chi connectivity index (χ2n) is 9.40. The predicted molar refractivity (Wildman–Crippen MR) is 144 cm³/mol. The van der Waals surface area contributed by atoms with E-state index in [0.29, 0.717) is 28.6 Å². The van der Waals surface area contributed by atoms with Gasteiger partial charge in [0, 0.05) is 29.8 Å². The lowest BCUT2D eigenvalue weighted by Gasteiger charge is -2.32. The molecule has 2 aromatic carbocycles. The summed E-state index contributed by atoms with van der Waals surface area (Å²) < 4.78 is 40.3. The number of rotatable bonds is 7. The van der Waals surface area contributed by atoms with Crippen molar-refractivity contribution in [3.05, 3.63) is 59.7 Å². The standard InChI is InChI=1S/C27H31F2N5O3.ClH/c1-36-23-10-9-18(12-24(23)37-2)20-13-22(26(28)29)34-25(32-20)14-21(33-34)16-5-7-17(8-6-16)27(35)31-19-4-3-11-30-15-19;/h5-10,12,14,19-20,22,26,30,32H,3-4,11,13,15H2,1-2H3,(H,31,35);1H. The van der Waals surface area contributed by atoms with Gasteiger partial charge in [-0.3, -0.25) is 4.79 Å². The molecule has 1 aromatic heterocycles. The smallest absolute Gasteiger partial charge is 0.260 e. The number of methoxy groups -OCH3 is 2. The van der Waals surface area contributed by atoms with E-state index in [-0.39, 0.29) is 36.8 Å². The molecule has 3 unspecified atom stereocenters. The van der Waals surface area contributed by atoms with Crippen molar-refractivity contribution in [3.63, 3.8) is 0 Å².